The van der Waals surface area contributed by atoms with Crippen LogP contribution in [0.4, 0.5) is 24.9 Å². The predicted octanol–water partition coefficient (Wildman–Crippen LogP) is 4.04. The summed E-state index contributed by atoms with van der Waals surface area (Å²) in [7, 11) is 4.17. The van der Waals surface area contributed by atoms with Crippen LogP contribution in [0.3, 0.4) is 0 Å². The summed E-state index contributed by atoms with van der Waals surface area (Å²) in [4.78, 5) is 22.1. The Balaban J connectivity index is 0.000000339. The summed E-state index contributed by atoms with van der Waals surface area (Å²) in [5, 5.41) is 8.86. The number of benzene rings is 1. The van der Waals surface area contributed by atoms with Crippen molar-refractivity contribution in [2.24, 2.45) is 0 Å². The van der Waals surface area contributed by atoms with Gasteiger partial charge in [-0.25, -0.2) is 9.78 Å². The van der Waals surface area contributed by atoms with E-state index >= 15 is 0 Å². The highest BCUT2D eigenvalue weighted by molar-refractivity contribution is 6.39. The molecule has 3 heterocycles. The molecule has 8 nitrogen and oxygen atoms in total. The monoisotopic (exact) mass is 479 g/mol. The maximum atomic E-state index is 10.6. The van der Waals surface area contributed by atoms with Crippen molar-refractivity contribution >= 4 is 63.0 Å². The average Bonchev–Trinajstić information content (AvgIpc) is 3.27. The number of alkyl halides is 3. The van der Waals surface area contributed by atoms with Crippen LogP contribution in [0.1, 0.15) is 6.42 Å². The number of aromatic nitrogens is 2. The Kier molecular flexibility index (Phi) is 6.40. The number of nitrogen functional groups attached to an aromatic ring is 1. The Morgan fingerprint density at radius 2 is 1.94 bits per heavy atom. The van der Waals surface area contributed by atoms with E-state index in [1.54, 1.807) is 12.1 Å². The number of halogens is 5. The minimum absolute atomic E-state index is 0.213. The van der Waals surface area contributed by atoms with Gasteiger partial charge in [0.2, 0.25) is 5.95 Å². The summed E-state index contributed by atoms with van der Waals surface area (Å²) in [6.45, 7) is 1.75. The molecule has 31 heavy (non-hydrogen) atoms. The fraction of sp³-hybridized carbons (Fsp3) is 0.389. The molecule has 1 unspecified atom stereocenters. The second-order valence-corrected chi connectivity index (χ2v) is 7.95. The molecule has 0 bridgehead atoms. The number of nitrogens with two attached hydrogens (primary N) is 1. The zero-order valence-electron chi connectivity index (χ0n) is 16.4. The van der Waals surface area contributed by atoms with E-state index in [0.29, 0.717) is 38.6 Å². The molecule has 4 rings (SSSR count). The highest BCUT2D eigenvalue weighted by Crippen LogP contribution is 2.39. The molecule has 1 aromatic carbocycles. The van der Waals surface area contributed by atoms with Gasteiger partial charge in [-0.1, -0.05) is 23.2 Å². The molecule has 168 valence electrons. The third-order valence-corrected chi connectivity index (χ3v) is 5.27. The van der Waals surface area contributed by atoms with E-state index in [1.165, 1.54) is 0 Å². The van der Waals surface area contributed by atoms with E-state index in [1.807, 2.05) is 0 Å². The van der Waals surface area contributed by atoms with Gasteiger partial charge in [0.25, 0.3) is 0 Å². The molecule has 1 fully saturated rings. The number of hydrogen-bond donors (Lipinski definition) is 2. The fourth-order valence-electron chi connectivity index (χ4n) is 3.24. The van der Waals surface area contributed by atoms with Crippen LogP contribution in [0.2, 0.25) is 10.0 Å². The van der Waals surface area contributed by atoms with Gasteiger partial charge in [-0.2, -0.15) is 18.2 Å². The van der Waals surface area contributed by atoms with Crippen molar-refractivity contribution < 1.29 is 27.5 Å². The van der Waals surface area contributed by atoms with Crippen LogP contribution >= 0.6 is 23.2 Å². The second-order valence-electron chi connectivity index (χ2n) is 7.10. The lowest BCUT2D eigenvalue weighted by molar-refractivity contribution is -0.192. The number of carboxylic acids is 1. The molecular formula is C18H18Cl2F3N5O3. The third-order valence-electron chi connectivity index (χ3n) is 4.77. The van der Waals surface area contributed by atoms with Crippen LogP contribution < -0.4 is 10.6 Å². The van der Waals surface area contributed by atoms with Crippen molar-refractivity contribution in [3.05, 3.63) is 22.2 Å². The summed E-state index contributed by atoms with van der Waals surface area (Å²) >= 11 is 12.4. The van der Waals surface area contributed by atoms with E-state index in [9.17, 15) is 13.2 Å². The Labute approximate surface area is 184 Å². The lowest BCUT2D eigenvalue weighted by Gasteiger charge is -2.21. The first kappa shape index (κ1) is 23.2. The number of likely N-dealkylation sites (N-methyl/N-ethyl adjacent to an activating group) is 1. The number of anilines is 2. The molecule has 0 amide bonds. The molecular weight excluding hydrogens is 462 g/mol. The zero-order chi connectivity index (χ0) is 23.1. The second kappa shape index (κ2) is 8.56. The van der Waals surface area contributed by atoms with Crippen molar-refractivity contribution in [1.82, 2.24) is 14.9 Å². The van der Waals surface area contributed by atoms with Gasteiger partial charge in [0, 0.05) is 24.2 Å². The normalized spacial score (nSPS) is 16.8. The standard InChI is InChI=1S/C16H17Cl2N5O.C2HF3O2/c1-22(2)9-3-4-23(7-9)15-14-12(20-16(19)21-15)10-5-8(17)6-11(18)13(10)24-14;3-2(4,5)1(6)7/h5-6,9H,3-4,7H2,1-2H3,(H2,19,20,21);(H,6,7). The summed E-state index contributed by atoms with van der Waals surface area (Å²) in [6.07, 6.45) is -4.02. The first-order valence-electron chi connectivity index (χ1n) is 8.94. The van der Waals surface area contributed by atoms with Crippen LogP contribution in [-0.4, -0.2) is 65.3 Å². The van der Waals surface area contributed by atoms with Crippen molar-refractivity contribution in [3.8, 4) is 0 Å². The number of furan rings is 1. The maximum Gasteiger partial charge on any atom is 0.490 e. The molecule has 1 saturated heterocycles. The number of rotatable bonds is 2. The summed E-state index contributed by atoms with van der Waals surface area (Å²) in [6, 6.07) is 3.92. The Hall–Kier alpha value is -2.50. The molecule has 1 aliphatic heterocycles. The lowest BCUT2D eigenvalue weighted by atomic mass is 10.2. The number of hydrogen-bond acceptors (Lipinski definition) is 7. The van der Waals surface area contributed by atoms with Gasteiger partial charge in [0.1, 0.15) is 5.52 Å². The smallest absolute Gasteiger partial charge is 0.475 e. The van der Waals surface area contributed by atoms with Crippen LogP contribution in [0.15, 0.2) is 16.5 Å². The number of fused-ring (bicyclic) bond motifs is 3. The fourth-order valence-corrected chi connectivity index (χ4v) is 3.78. The molecule has 1 aliphatic rings. The summed E-state index contributed by atoms with van der Waals surface area (Å²) in [5.41, 5.74) is 7.75. The number of carboxylic acid groups (broad SMARTS) is 1. The largest absolute Gasteiger partial charge is 0.490 e. The molecule has 0 saturated carbocycles. The first-order valence-corrected chi connectivity index (χ1v) is 9.70. The quantitative estimate of drug-likeness (QED) is 0.566. The summed E-state index contributed by atoms with van der Waals surface area (Å²) in [5.74, 6) is -1.83. The number of aliphatic carboxylic acids is 1. The van der Waals surface area contributed by atoms with Crippen molar-refractivity contribution in [1.29, 1.82) is 0 Å². The average molecular weight is 480 g/mol. The van der Waals surface area contributed by atoms with E-state index in [2.05, 4.69) is 33.9 Å². The summed E-state index contributed by atoms with van der Waals surface area (Å²) < 4.78 is 37.7. The zero-order valence-corrected chi connectivity index (χ0v) is 17.9. The van der Waals surface area contributed by atoms with Crippen LogP contribution in [0.25, 0.3) is 22.1 Å². The Morgan fingerprint density at radius 3 is 2.48 bits per heavy atom. The van der Waals surface area contributed by atoms with E-state index in [-0.39, 0.29) is 5.95 Å². The molecule has 0 aliphatic carbocycles. The van der Waals surface area contributed by atoms with Gasteiger partial charge >= 0.3 is 12.1 Å². The molecule has 3 aromatic rings. The van der Waals surface area contributed by atoms with E-state index < -0.39 is 12.1 Å². The van der Waals surface area contributed by atoms with Gasteiger partial charge in [-0.3, -0.25) is 0 Å². The van der Waals surface area contributed by atoms with Crippen molar-refractivity contribution in [2.45, 2.75) is 18.6 Å². The maximum absolute atomic E-state index is 10.6. The Bertz CT molecular complexity index is 1140. The molecule has 13 heteroatoms. The molecule has 3 N–H and O–H groups in total. The topological polar surface area (TPSA) is 109 Å². The Morgan fingerprint density at radius 1 is 1.29 bits per heavy atom. The van der Waals surface area contributed by atoms with Gasteiger partial charge in [0.15, 0.2) is 17.0 Å². The predicted molar refractivity (Wildman–Crippen MR) is 112 cm³/mol. The van der Waals surface area contributed by atoms with Gasteiger partial charge < -0.3 is 25.1 Å². The van der Waals surface area contributed by atoms with Crippen molar-refractivity contribution in [2.75, 3.05) is 37.8 Å². The third kappa shape index (κ3) is 4.89. The minimum Gasteiger partial charge on any atom is -0.475 e. The van der Waals surface area contributed by atoms with Crippen molar-refractivity contribution in [3.63, 3.8) is 0 Å². The number of carbonyl (C=O) groups is 1. The molecule has 2 aromatic heterocycles. The van der Waals surface area contributed by atoms with Crippen LogP contribution in [0, 0.1) is 0 Å². The lowest BCUT2D eigenvalue weighted by Crippen LogP contribution is -2.31. The van der Waals surface area contributed by atoms with E-state index in [4.69, 9.17) is 43.3 Å². The molecule has 0 spiro atoms. The number of nitrogens with zero attached hydrogens (tertiary/aromatic N) is 4. The molecule has 1 atom stereocenters. The minimum atomic E-state index is -5.08. The van der Waals surface area contributed by atoms with Gasteiger partial charge in [0.05, 0.1) is 10.4 Å². The van der Waals surface area contributed by atoms with Crippen LogP contribution in [-0.2, 0) is 4.79 Å². The van der Waals surface area contributed by atoms with Crippen LogP contribution in [0.5, 0.6) is 0 Å². The SMILES string of the molecule is CN(C)C1CCN(c2nc(N)nc3c2oc2c(Cl)cc(Cl)cc23)C1.O=C(O)C(F)(F)F. The van der Waals surface area contributed by atoms with E-state index in [0.717, 1.165) is 24.9 Å². The van der Waals surface area contributed by atoms with Gasteiger partial charge in [-0.05, 0) is 32.6 Å². The van der Waals surface area contributed by atoms with Gasteiger partial charge in [-0.15, -0.1) is 0 Å². The molecule has 0 radical (unpaired) electrons. The highest BCUT2D eigenvalue weighted by atomic mass is 35.5. The first-order chi connectivity index (χ1) is 14.4. The highest BCUT2D eigenvalue weighted by Gasteiger charge is 2.38.